The average molecular weight is 425 g/mol. The highest BCUT2D eigenvalue weighted by Crippen LogP contribution is 2.41. The number of anilines is 1. The summed E-state index contributed by atoms with van der Waals surface area (Å²) >= 11 is 1.71. The van der Waals surface area contributed by atoms with Crippen molar-refractivity contribution in [1.82, 2.24) is 14.9 Å². The first kappa shape index (κ1) is 19.8. The van der Waals surface area contributed by atoms with Gasteiger partial charge in [0.1, 0.15) is 23.3 Å². The van der Waals surface area contributed by atoms with Gasteiger partial charge in [0.2, 0.25) is 0 Å². The first-order valence-corrected chi connectivity index (χ1v) is 11.2. The van der Waals surface area contributed by atoms with Crippen molar-refractivity contribution in [1.29, 1.82) is 0 Å². The molecule has 4 aromatic rings. The fourth-order valence-corrected chi connectivity index (χ4v) is 5.08. The molecule has 1 aromatic heterocycles. The van der Waals surface area contributed by atoms with Crippen LogP contribution in [0.5, 0.6) is 0 Å². The zero-order chi connectivity index (χ0) is 21.0. The van der Waals surface area contributed by atoms with Crippen molar-refractivity contribution in [2.45, 2.75) is 29.2 Å². The van der Waals surface area contributed by atoms with E-state index in [2.05, 4.69) is 107 Å². The van der Waals surface area contributed by atoms with E-state index in [0.29, 0.717) is 0 Å². The van der Waals surface area contributed by atoms with Crippen molar-refractivity contribution in [2.75, 3.05) is 11.9 Å². The summed E-state index contributed by atoms with van der Waals surface area (Å²) in [6.07, 6.45) is 1.80. The quantitative estimate of drug-likeness (QED) is 0.379. The van der Waals surface area contributed by atoms with Crippen LogP contribution in [0.4, 0.5) is 5.82 Å². The smallest absolute Gasteiger partial charge is 0.138 e. The Hall–Kier alpha value is -3.15. The lowest BCUT2D eigenvalue weighted by Gasteiger charge is -2.44. The zero-order valence-corrected chi connectivity index (χ0v) is 18.2. The summed E-state index contributed by atoms with van der Waals surface area (Å²) in [7, 11) is 2.14. The van der Waals surface area contributed by atoms with Crippen molar-refractivity contribution < 1.29 is 0 Å². The van der Waals surface area contributed by atoms with Crippen LogP contribution in [0.2, 0.25) is 0 Å². The highest BCUT2D eigenvalue weighted by atomic mass is 32.2. The van der Waals surface area contributed by atoms with Crippen LogP contribution in [0.1, 0.15) is 22.9 Å². The fraction of sp³-hybridized carbons (Fsp3) is 0.154. The minimum absolute atomic E-state index is 0.110. The van der Waals surface area contributed by atoms with Crippen molar-refractivity contribution >= 4 is 17.6 Å². The SMILES string of the molecule is CN1c2ncnc(Sc3ccccc3)c2CN(Cc2ccccc2)C1c1ccccc1. The molecule has 5 rings (SSSR count). The molecule has 31 heavy (non-hydrogen) atoms. The molecule has 0 saturated heterocycles. The van der Waals surface area contributed by atoms with E-state index in [0.717, 1.165) is 23.9 Å². The Morgan fingerprint density at radius 3 is 2.19 bits per heavy atom. The zero-order valence-electron chi connectivity index (χ0n) is 17.4. The number of nitrogens with zero attached hydrogens (tertiary/aromatic N) is 4. The van der Waals surface area contributed by atoms with E-state index < -0.39 is 0 Å². The molecule has 4 nitrogen and oxygen atoms in total. The van der Waals surface area contributed by atoms with E-state index in [4.69, 9.17) is 4.98 Å². The van der Waals surface area contributed by atoms with Crippen molar-refractivity contribution in [3.63, 3.8) is 0 Å². The molecular formula is C26H24N4S. The monoisotopic (exact) mass is 424 g/mol. The first-order chi connectivity index (χ1) is 15.3. The van der Waals surface area contributed by atoms with Gasteiger partial charge in [0.05, 0.1) is 0 Å². The van der Waals surface area contributed by atoms with Gasteiger partial charge in [-0.25, -0.2) is 9.97 Å². The minimum atomic E-state index is 0.110. The molecule has 0 bridgehead atoms. The fourth-order valence-electron chi connectivity index (χ4n) is 4.19. The van der Waals surface area contributed by atoms with Crippen LogP contribution in [0.3, 0.4) is 0 Å². The highest BCUT2D eigenvalue weighted by molar-refractivity contribution is 7.99. The van der Waals surface area contributed by atoms with Crippen LogP contribution in [-0.4, -0.2) is 21.9 Å². The van der Waals surface area contributed by atoms with Gasteiger partial charge in [0.15, 0.2) is 0 Å². The summed E-state index contributed by atoms with van der Waals surface area (Å²) < 4.78 is 0. The van der Waals surface area contributed by atoms with Gasteiger partial charge in [-0.2, -0.15) is 0 Å². The lowest BCUT2D eigenvalue weighted by atomic mass is 10.0. The van der Waals surface area contributed by atoms with E-state index in [1.165, 1.54) is 21.6 Å². The number of hydrogen-bond acceptors (Lipinski definition) is 5. The van der Waals surface area contributed by atoms with Gasteiger partial charge >= 0.3 is 0 Å². The number of benzene rings is 3. The van der Waals surface area contributed by atoms with E-state index in [-0.39, 0.29) is 6.17 Å². The lowest BCUT2D eigenvalue weighted by Crippen LogP contribution is -2.44. The number of aromatic nitrogens is 2. The molecule has 0 N–H and O–H groups in total. The Morgan fingerprint density at radius 1 is 0.839 bits per heavy atom. The molecule has 0 amide bonds. The van der Waals surface area contributed by atoms with Crippen LogP contribution >= 0.6 is 11.8 Å². The average Bonchev–Trinajstić information content (AvgIpc) is 2.82. The van der Waals surface area contributed by atoms with Crippen molar-refractivity contribution in [3.05, 3.63) is 114 Å². The number of rotatable bonds is 5. The predicted molar refractivity (Wildman–Crippen MR) is 126 cm³/mol. The summed E-state index contributed by atoms with van der Waals surface area (Å²) in [5, 5.41) is 1.02. The Balaban J connectivity index is 1.55. The molecule has 1 unspecified atom stereocenters. The second kappa shape index (κ2) is 8.92. The molecule has 1 aliphatic rings. The van der Waals surface area contributed by atoms with Gasteiger partial charge in [-0.3, -0.25) is 4.90 Å². The summed E-state index contributed by atoms with van der Waals surface area (Å²) in [6, 6.07) is 31.8. The molecule has 0 saturated carbocycles. The molecule has 154 valence electrons. The summed E-state index contributed by atoms with van der Waals surface area (Å²) in [5.41, 5.74) is 3.75. The third-order valence-electron chi connectivity index (χ3n) is 5.58. The van der Waals surface area contributed by atoms with Crippen molar-refractivity contribution in [3.8, 4) is 0 Å². The van der Waals surface area contributed by atoms with Gasteiger partial charge in [0, 0.05) is 30.6 Å². The van der Waals surface area contributed by atoms with Crippen LogP contribution in [0.25, 0.3) is 0 Å². The van der Waals surface area contributed by atoms with Crippen LogP contribution in [0, 0.1) is 0 Å². The number of fused-ring (bicyclic) bond motifs is 1. The Kier molecular flexibility index (Phi) is 5.69. The first-order valence-electron chi connectivity index (χ1n) is 10.4. The molecule has 0 fully saturated rings. The Morgan fingerprint density at radius 2 is 1.48 bits per heavy atom. The maximum Gasteiger partial charge on any atom is 0.138 e. The van der Waals surface area contributed by atoms with E-state index in [1.54, 1.807) is 18.1 Å². The molecule has 5 heteroatoms. The second-order valence-electron chi connectivity index (χ2n) is 7.68. The lowest BCUT2D eigenvalue weighted by molar-refractivity contribution is 0.162. The minimum Gasteiger partial charge on any atom is -0.339 e. The third kappa shape index (κ3) is 4.20. The summed E-state index contributed by atoms with van der Waals surface area (Å²) in [6.45, 7) is 1.65. The van der Waals surface area contributed by atoms with Crippen LogP contribution < -0.4 is 4.90 Å². The Labute approximate surface area is 187 Å². The molecule has 0 radical (unpaired) electrons. The molecule has 0 spiro atoms. The maximum atomic E-state index is 4.69. The summed E-state index contributed by atoms with van der Waals surface area (Å²) in [5.74, 6) is 1.01. The van der Waals surface area contributed by atoms with E-state index >= 15 is 0 Å². The molecule has 3 aromatic carbocycles. The topological polar surface area (TPSA) is 32.3 Å². The van der Waals surface area contributed by atoms with Gasteiger partial charge < -0.3 is 4.90 Å². The van der Waals surface area contributed by atoms with Crippen LogP contribution in [0.15, 0.2) is 107 Å². The van der Waals surface area contributed by atoms with E-state index in [1.807, 2.05) is 6.07 Å². The maximum absolute atomic E-state index is 4.69. The third-order valence-corrected chi connectivity index (χ3v) is 6.63. The molecular weight excluding hydrogens is 400 g/mol. The van der Waals surface area contributed by atoms with E-state index in [9.17, 15) is 0 Å². The van der Waals surface area contributed by atoms with Crippen LogP contribution in [-0.2, 0) is 13.1 Å². The van der Waals surface area contributed by atoms with Crippen molar-refractivity contribution in [2.24, 2.45) is 0 Å². The molecule has 2 heterocycles. The molecule has 1 aliphatic heterocycles. The van der Waals surface area contributed by atoms with Gasteiger partial charge in [0.25, 0.3) is 0 Å². The normalized spacial score (nSPS) is 16.2. The highest BCUT2D eigenvalue weighted by Gasteiger charge is 2.34. The van der Waals surface area contributed by atoms with Gasteiger partial charge in [-0.1, -0.05) is 90.6 Å². The second-order valence-corrected chi connectivity index (χ2v) is 8.74. The molecule has 0 aliphatic carbocycles. The standard InChI is InChI=1S/C26H24N4S/c1-29-24-23(25(28-19-27-24)31-22-15-9-4-10-16-22)18-30(17-20-11-5-2-6-12-20)26(29)21-13-7-3-8-14-21/h2-16,19,26H,17-18H2,1H3. The summed E-state index contributed by atoms with van der Waals surface area (Å²) in [4.78, 5) is 15.3. The molecule has 1 atom stereocenters. The van der Waals surface area contributed by atoms with Gasteiger partial charge in [-0.05, 0) is 23.3 Å². The van der Waals surface area contributed by atoms with Gasteiger partial charge in [-0.15, -0.1) is 0 Å². The Bertz CT molecular complexity index is 1140. The number of hydrogen-bond donors (Lipinski definition) is 0. The largest absolute Gasteiger partial charge is 0.339 e. The predicted octanol–water partition coefficient (Wildman–Crippen LogP) is 5.78.